The number of aliphatic hydroxyl groups excluding tert-OH is 1. The Balaban J connectivity index is 2.27. The van der Waals surface area contributed by atoms with Gasteiger partial charge in [-0.2, -0.15) is 0 Å². The molecule has 0 bridgehead atoms. The molecule has 0 aliphatic heterocycles. The first-order chi connectivity index (χ1) is 8.97. The van der Waals surface area contributed by atoms with Crippen LogP contribution in [0.25, 0.3) is 0 Å². The zero-order valence-electron chi connectivity index (χ0n) is 10.3. The van der Waals surface area contributed by atoms with Gasteiger partial charge in [-0.05, 0) is 53.9 Å². The van der Waals surface area contributed by atoms with Gasteiger partial charge in [0.15, 0.2) is 0 Å². The zero-order valence-corrected chi connectivity index (χ0v) is 11.8. The van der Waals surface area contributed by atoms with Gasteiger partial charge in [-0.1, -0.05) is 29.3 Å². The summed E-state index contributed by atoms with van der Waals surface area (Å²) >= 11 is 11.7. The van der Waals surface area contributed by atoms with Crippen molar-refractivity contribution in [3.8, 4) is 0 Å². The third kappa shape index (κ3) is 3.47. The molecule has 1 N–H and O–H groups in total. The Morgan fingerprint density at radius 2 is 1.74 bits per heavy atom. The van der Waals surface area contributed by atoms with Crippen LogP contribution in [0.5, 0.6) is 0 Å². The van der Waals surface area contributed by atoms with E-state index >= 15 is 0 Å². The van der Waals surface area contributed by atoms with Gasteiger partial charge in [0.25, 0.3) is 0 Å². The molecule has 100 valence electrons. The van der Waals surface area contributed by atoms with Crippen LogP contribution in [0.15, 0.2) is 36.4 Å². The largest absolute Gasteiger partial charge is 0.388 e. The van der Waals surface area contributed by atoms with Crippen LogP contribution in [-0.2, 0) is 6.42 Å². The summed E-state index contributed by atoms with van der Waals surface area (Å²) in [7, 11) is 0. The van der Waals surface area contributed by atoms with Gasteiger partial charge in [0.05, 0.1) is 6.10 Å². The molecule has 0 spiro atoms. The van der Waals surface area contributed by atoms with Crippen LogP contribution in [0.1, 0.15) is 22.8 Å². The molecular formula is C15H13Cl2FO. The minimum absolute atomic E-state index is 0.160. The maximum absolute atomic E-state index is 13.6. The maximum Gasteiger partial charge on any atom is 0.126 e. The number of aryl methyl sites for hydroxylation is 1. The Bertz CT molecular complexity index is 599. The molecule has 0 saturated carbocycles. The van der Waals surface area contributed by atoms with Gasteiger partial charge in [-0.25, -0.2) is 4.39 Å². The predicted octanol–water partition coefficient (Wildman–Crippen LogP) is 4.72. The number of benzene rings is 2. The van der Waals surface area contributed by atoms with Crippen LogP contribution < -0.4 is 0 Å². The lowest BCUT2D eigenvalue weighted by atomic mass is 9.97. The summed E-state index contributed by atoms with van der Waals surface area (Å²) in [5.74, 6) is -0.372. The van der Waals surface area contributed by atoms with Gasteiger partial charge in [0, 0.05) is 16.5 Å². The van der Waals surface area contributed by atoms with Crippen molar-refractivity contribution in [2.45, 2.75) is 19.4 Å². The smallest absolute Gasteiger partial charge is 0.126 e. The van der Waals surface area contributed by atoms with Crippen molar-refractivity contribution in [3.63, 3.8) is 0 Å². The van der Waals surface area contributed by atoms with Gasteiger partial charge in [-0.15, -0.1) is 0 Å². The summed E-state index contributed by atoms with van der Waals surface area (Å²) in [4.78, 5) is 0. The van der Waals surface area contributed by atoms with Crippen molar-refractivity contribution in [2.75, 3.05) is 0 Å². The fourth-order valence-corrected chi connectivity index (χ4v) is 2.36. The van der Waals surface area contributed by atoms with Crippen LogP contribution in [0, 0.1) is 12.7 Å². The Labute approximate surface area is 121 Å². The van der Waals surface area contributed by atoms with E-state index in [0.717, 1.165) is 5.56 Å². The molecule has 2 rings (SSSR count). The molecule has 2 aromatic carbocycles. The van der Waals surface area contributed by atoms with E-state index in [9.17, 15) is 9.50 Å². The van der Waals surface area contributed by atoms with Crippen molar-refractivity contribution < 1.29 is 9.50 Å². The van der Waals surface area contributed by atoms with E-state index in [1.807, 2.05) is 13.0 Å². The molecule has 4 heteroatoms. The van der Waals surface area contributed by atoms with Crippen LogP contribution >= 0.6 is 23.2 Å². The second-order valence-electron chi connectivity index (χ2n) is 4.46. The molecule has 0 aliphatic carbocycles. The standard InChI is InChI=1S/C15H13Cl2FO/c1-9-2-3-12(17)8-13(9)15(19)7-10-6-11(16)4-5-14(10)18/h2-6,8,15,19H,7H2,1H3. The Morgan fingerprint density at radius 3 is 2.47 bits per heavy atom. The summed E-state index contributed by atoms with van der Waals surface area (Å²) < 4.78 is 13.6. The van der Waals surface area contributed by atoms with E-state index < -0.39 is 6.10 Å². The summed E-state index contributed by atoms with van der Waals surface area (Å²) in [5.41, 5.74) is 2.01. The third-order valence-corrected chi connectivity index (χ3v) is 3.49. The lowest BCUT2D eigenvalue weighted by Gasteiger charge is -2.15. The summed E-state index contributed by atoms with van der Waals surface area (Å²) in [6, 6.07) is 9.60. The Hall–Kier alpha value is -1.09. The molecular weight excluding hydrogens is 286 g/mol. The summed E-state index contributed by atoms with van der Waals surface area (Å²) in [5, 5.41) is 11.2. The highest BCUT2D eigenvalue weighted by Gasteiger charge is 2.14. The minimum atomic E-state index is -0.813. The fraction of sp³-hybridized carbons (Fsp3) is 0.200. The van der Waals surface area contributed by atoms with Crippen LogP contribution in [0.3, 0.4) is 0 Å². The number of rotatable bonds is 3. The molecule has 0 heterocycles. The first kappa shape index (κ1) is 14.3. The van der Waals surface area contributed by atoms with Crippen LogP contribution in [0.2, 0.25) is 10.0 Å². The van der Waals surface area contributed by atoms with Gasteiger partial charge < -0.3 is 5.11 Å². The lowest BCUT2D eigenvalue weighted by molar-refractivity contribution is 0.176. The average Bonchev–Trinajstić information content (AvgIpc) is 2.36. The van der Waals surface area contributed by atoms with Crippen molar-refractivity contribution in [1.29, 1.82) is 0 Å². The van der Waals surface area contributed by atoms with Crippen molar-refractivity contribution in [2.24, 2.45) is 0 Å². The predicted molar refractivity (Wildman–Crippen MR) is 76.3 cm³/mol. The van der Waals surface area contributed by atoms with Crippen molar-refractivity contribution in [3.05, 3.63) is 69.0 Å². The van der Waals surface area contributed by atoms with E-state index in [2.05, 4.69) is 0 Å². The second-order valence-corrected chi connectivity index (χ2v) is 5.33. The van der Waals surface area contributed by atoms with Crippen molar-refractivity contribution in [1.82, 2.24) is 0 Å². The first-order valence-electron chi connectivity index (χ1n) is 5.85. The number of hydrogen-bond donors (Lipinski definition) is 1. The molecule has 0 aromatic heterocycles. The molecule has 1 nitrogen and oxygen atoms in total. The minimum Gasteiger partial charge on any atom is -0.388 e. The quantitative estimate of drug-likeness (QED) is 0.869. The normalized spacial score (nSPS) is 12.5. The Morgan fingerprint density at radius 1 is 1.11 bits per heavy atom. The number of aliphatic hydroxyl groups is 1. The molecule has 1 atom stereocenters. The average molecular weight is 299 g/mol. The topological polar surface area (TPSA) is 20.2 Å². The summed E-state index contributed by atoms with van der Waals surface area (Å²) in [6.07, 6.45) is -0.653. The van der Waals surface area contributed by atoms with E-state index in [0.29, 0.717) is 21.2 Å². The molecule has 0 saturated heterocycles. The van der Waals surface area contributed by atoms with Gasteiger partial charge in [-0.3, -0.25) is 0 Å². The highest BCUT2D eigenvalue weighted by atomic mass is 35.5. The highest BCUT2D eigenvalue weighted by molar-refractivity contribution is 6.30. The zero-order chi connectivity index (χ0) is 14.0. The second kappa shape index (κ2) is 5.91. The molecule has 0 fully saturated rings. The number of hydrogen-bond acceptors (Lipinski definition) is 1. The molecule has 0 radical (unpaired) electrons. The van der Waals surface area contributed by atoms with Gasteiger partial charge in [0.2, 0.25) is 0 Å². The van der Waals surface area contributed by atoms with E-state index in [1.54, 1.807) is 12.1 Å². The van der Waals surface area contributed by atoms with Crippen molar-refractivity contribution >= 4 is 23.2 Å². The molecule has 19 heavy (non-hydrogen) atoms. The molecule has 0 amide bonds. The Kier molecular flexibility index (Phi) is 4.46. The monoisotopic (exact) mass is 298 g/mol. The molecule has 2 aromatic rings. The fourth-order valence-electron chi connectivity index (χ4n) is 1.99. The molecule has 1 unspecified atom stereocenters. The van der Waals surface area contributed by atoms with E-state index in [1.165, 1.54) is 18.2 Å². The lowest BCUT2D eigenvalue weighted by Crippen LogP contribution is -2.05. The third-order valence-electron chi connectivity index (χ3n) is 3.02. The van der Waals surface area contributed by atoms with Gasteiger partial charge in [0.1, 0.15) is 5.82 Å². The summed E-state index contributed by atoms with van der Waals surface area (Å²) in [6.45, 7) is 1.88. The first-order valence-corrected chi connectivity index (χ1v) is 6.61. The van der Waals surface area contributed by atoms with E-state index in [4.69, 9.17) is 23.2 Å². The van der Waals surface area contributed by atoms with E-state index in [-0.39, 0.29) is 12.2 Å². The molecule has 0 aliphatic rings. The number of halogens is 3. The van der Waals surface area contributed by atoms with Crippen LogP contribution in [0.4, 0.5) is 4.39 Å². The van der Waals surface area contributed by atoms with Crippen LogP contribution in [-0.4, -0.2) is 5.11 Å². The SMILES string of the molecule is Cc1ccc(Cl)cc1C(O)Cc1cc(Cl)ccc1F. The maximum atomic E-state index is 13.6. The highest BCUT2D eigenvalue weighted by Crippen LogP contribution is 2.26. The van der Waals surface area contributed by atoms with Gasteiger partial charge >= 0.3 is 0 Å².